The Morgan fingerprint density at radius 1 is 1.25 bits per heavy atom. The van der Waals surface area contributed by atoms with Crippen molar-refractivity contribution in [2.75, 3.05) is 5.32 Å². The summed E-state index contributed by atoms with van der Waals surface area (Å²) in [5, 5.41) is 11.7. The van der Waals surface area contributed by atoms with Crippen LogP contribution in [0.2, 0.25) is 10.0 Å². The van der Waals surface area contributed by atoms with Gasteiger partial charge >= 0.3 is 0 Å². The van der Waals surface area contributed by atoms with Gasteiger partial charge in [-0.2, -0.15) is 5.26 Å². The van der Waals surface area contributed by atoms with Gasteiger partial charge in [-0.25, -0.2) is 4.39 Å². The molecular formula is C14H7Cl2FN2O. The molecule has 0 bridgehead atoms. The zero-order valence-corrected chi connectivity index (χ0v) is 11.5. The number of nitrogens with one attached hydrogen (secondary N) is 1. The van der Waals surface area contributed by atoms with Crippen LogP contribution < -0.4 is 5.32 Å². The Morgan fingerprint density at radius 2 is 2.00 bits per heavy atom. The Balaban J connectivity index is 2.29. The van der Waals surface area contributed by atoms with Gasteiger partial charge < -0.3 is 5.32 Å². The van der Waals surface area contributed by atoms with Gasteiger partial charge in [0.15, 0.2) is 0 Å². The summed E-state index contributed by atoms with van der Waals surface area (Å²) in [4.78, 5) is 12.0. The standard InChI is InChI=1S/C14H7Cl2FN2O/c15-11-3-1-2-10(13(11)16)14(20)19-9-4-5-12(17)8(6-9)7-18/h1-6H,(H,19,20). The topological polar surface area (TPSA) is 52.9 Å². The molecule has 3 nitrogen and oxygen atoms in total. The molecule has 20 heavy (non-hydrogen) atoms. The van der Waals surface area contributed by atoms with Crippen molar-refractivity contribution >= 4 is 34.8 Å². The molecule has 0 saturated heterocycles. The molecule has 0 aliphatic heterocycles. The minimum absolute atomic E-state index is 0.134. The van der Waals surface area contributed by atoms with E-state index in [0.29, 0.717) is 5.69 Å². The minimum Gasteiger partial charge on any atom is -0.322 e. The predicted molar refractivity (Wildman–Crippen MR) is 75.5 cm³/mol. The molecule has 0 saturated carbocycles. The van der Waals surface area contributed by atoms with Crippen LogP contribution in [0.4, 0.5) is 10.1 Å². The van der Waals surface area contributed by atoms with Crippen LogP contribution in [-0.2, 0) is 0 Å². The zero-order chi connectivity index (χ0) is 14.7. The smallest absolute Gasteiger partial charge is 0.257 e. The molecule has 0 atom stereocenters. The average Bonchev–Trinajstić information content (AvgIpc) is 2.43. The molecule has 2 aromatic rings. The number of rotatable bonds is 2. The molecule has 0 heterocycles. The lowest BCUT2D eigenvalue weighted by Crippen LogP contribution is -2.12. The molecule has 0 aliphatic rings. The van der Waals surface area contributed by atoms with E-state index in [1.54, 1.807) is 18.2 Å². The molecule has 0 fully saturated rings. The zero-order valence-electron chi connectivity index (χ0n) is 9.95. The molecule has 1 amide bonds. The third-order valence-corrected chi connectivity index (χ3v) is 3.36. The highest BCUT2D eigenvalue weighted by atomic mass is 35.5. The molecule has 0 aliphatic carbocycles. The molecular weight excluding hydrogens is 302 g/mol. The number of halogens is 3. The molecule has 1 N–H and O–H groups in total. The van der Waals surface area contributed by atoms with Crippen LogP contribution in [0.5, 0.6) is 0 Å². The fraction of sp³-hybridized carbons (Fsp3) is 0. The van der Waals surface area contributed by atoms with Crippen molar-refractivity contribution in [3.63, 3.8) is 0 Å². The first-order chi connectivity index (χ1) is 9.52. The monoisotopic (exact) mass is 308 g/mol. The first-order valence-corrected chi connectivity index (χ1v) is 6.23. The van der Waals surface area contributed by atoms with E-state index in [2.05, 4.69) is 5.32 Å². The number of benzene rings is 2. The summed E-state index contributed by atoms with van der Waals surface area (Å²) < 4.78 is 13.2. The van der Waals surface area contributed by atoms with Crippen LogP contribution >= 0.6 is 23.2 Å². The van der Waals surface area contributed by atoms with Crippen molar-refractivity contribution in [2.24, 2.45) is 0 Å². The molecule has 2 rings (SSSR count). The second kappa shape index (κ2) is 5.91. The van der Waals surface area contributed by atoms with E-state index < -0.39 is 11.7 Å². The molecule has 0 radical (unpaired) electrons. The van der Waals surface area contributed by atoms with E-state index in [1.807, 2.05) is 0 Å². The SMILES string of the molecule is N#Cc1cc(NC(=O)c2cccc(Cl)c2Cl)ccc1F. The number of nitriles is 1. The first kappa shape index (κ1) is 14.3. The molecule has 100 valence electrons. The van der Waals surface area contributed by atoms with Crippen molar-refractivity contribution in [3.8, 4) is 6.07 Å². The molecule has 0 aromatic heterocycles. The highest BCUT2D eigenvalue weighted by molar-refractivity contribution is 6.44. The van der Waals surface area contributed by atoms with Crippen LogP contribution in [0.1, 0.15) is 15.9 Å². The maximum absolute atomic E-state index is 13.2. The van der Waals surface area contributed by atoms with Crippen LogP contribution in [-0.4, -0.2) is 5.91 Å². The Kier molecular flexibility index (Phi) is 4.23. The Bertz CT molecular complexity index is 726. The maximum Gasteiger partial charge on any atom is 0.257 e. The summed E-state index contributed by atoms with van der Waals surface area (Å²) in [7, 11) is 0. The fourth-order valence-corrected chi connectivity index (χ4v) is 1.95. The van der Waals surface area contributed by atoms with Crippen LogP contribution in [0.3, 0.4) is 0 Å². The maximum atomic E-state index is 13.2. The number of carbonyl (C=O) groups excluding carboxylic acids is 1. The van der Waals surface area contributed by atoms with Crippen molar-refractivity contribution < 1.29 is 9.18 Å². The fourth-order valence-electron chi connectivity index (χ4n) is 1.57. The summed E-state index contributed by atoms with van der Waals surface area (Å²) in [6.07, 6.45) is 0. The molecule has 0 unspecified atom stereocenters. The van der Waals surface area contributed by atoms with Gasteiger partial charge in [0.2, 0.25) is 0 Å². The van der Waals surface area contributed by atoms with E-state index >= 15 is 0 Å². The van der Waals surface area contributed by atoms with E-state index in [4.69, 9.17) is 28.5 Å². The molecule has 0 spiro atoms. The van der Waals surface area contributed by atoms with E-state index in [9.17, 15) is 9.18 Å². The summed E-state index contributed by atoms with van der Waals surface area (Å²) >= 11 is 11.8. The van der Waals surface area contributed by atoms with Crippen molar-refractivity contribution in [1.29, 1.82) is 5.26 Å². The van der Waals surface area contributed by atoms with Crippen LogP contribution in [0, 0.1) is 17.1 Å². The van der Waals surface area contributed by atoms with Crippen molar-refractivity contribution in [2.45, 2.75) is 0 Å². The summed E-state index contributed by atoms with van der Waals surface area (Å²) in [6, 6.07) is 10.1. The second-order valence-corrected chi connectivity index (χ2v) is 4.65. The number of hydrogen-bond acceptors (Lipinski definition) is 2. The quantitative estimate of drug-likeness (QED) is 0.901. The first-order valence-electron chi connectivity index (χ1n) is 5.48. The second-order valence-electron chi connectivity index (χ2n) is 3.86. The normalized spacial score (nSPS) is 9.90. The van der Waals surface area contributed by atoms with Gasteiger partial charge in [-0.3, -0.25) is 4.79 Å². The number of hydrogen-bond donors (Lipinski definition) is 1. The lowest BCUT2D eigenvalue weighted by atomic mass is 10.1. The lowest BCUT2D eigenvalue weighted by Gasteiger charge is -2.08. The third-order valence-electron chi connectivity index (χ3n) is 2.54. The predicted octanol–water partition coefficient (Wildman–Crippen LogP) is 4.26. The number of carbonyl (C=O) groups is 1. The van der Waals surface area contributed by atoms with Gasteiger partial charge in [0.25, 0.3) is 5.91 Å². The largest absolute Gasteiger partial charge is 0.322 e. The van der Waals surface area contributed by atoms with Gasteiger partial charge in [0.05, 0.1) is 21.2 Å². The van der Waals surface area contributed by atoms with Gasteiger partial charge in [-0.15, -0.1) is 0 Å². The van der Waals surface area contributed by atoms with E-state index in [-0.39, 0.29) is 21.2 Å². The Morgan fingerprint density at radius 3 is 2.70 bits per heavy atom. The lowest BCUT2D eigenvalue weighted by molar-refractivity contribution is 0.102. The summed E-state index contributed by atoms with van der Waals surface area (Å²) in [6.45, 7) is 0. The van der Waals surface area contributed by atoms with Crippen molar-refractivity contribution in [1.82, 2.24) is 0 Å². The Hall–Kier alpha value is -2.09. The number of nitrogens with zero attached hydrogens (tertiary/aromatic N) is 1. The van der Waals surface area contributed by atoms with Gasteiger partial charge in [0.1, 0.15) is 11.9 Å². The highest BCUT2D eigenvalue weighted by Crippen LogP contribution is 2.26. The van der Waals surface area contributed by atoms with Crippen molar-refractivity contribution in [3.05, 3.63) is 63.4 Å². The third kappa shape index (κ3) is 2.90. The van der Waals surface area contributed by atoms with E-state index in [0.717, 1.165) is 6.07 Å². The highest BCUT2D eigenvalue weighted by Gasteiger charge is 2.13. The molecule has 6 heteroatoms. The van der Waals surface area contributed by atoms with Gasteiger partial charge in [0, 0.05) is 5.69 Å². The van der Waals surface area contributed by atoms with E-state index in [1.165, 1.54) is 18.2 Å². The number of anilines is 1. The minimum atomic E-state index is -0.647. The Labute approximate surface area is 124 Å². The summed E-state index contributed by atoms with van der Waals surface area (Å²) in [5.74, 6) is -1.14. The average molecular weight is 309 g/mol. The summed E-state index contributed by atoms with van der Waals surface area (Å²) in [5.41, 5.74) is 0.339. The van der Waals surface area contributed by atoms with Crippen LogP contribution in [0.15, 0.2) is 36.4 Å². The molecule has 2 aromatic carbocycles. The van der Waals surface area contributed by atoms with Gasteiger partial charge in [-0.1, -0.05) is 29.3 Å². The van der Waals surface area contributed by atoms with Gasteiger partial charge in [-0.05, 0) is 30.3 Å². The van der Waals surface area contributed by atoms with Crippen LogP contribution in [0.25, 0.3) is 0 Å². The number of amides is 1.